The van der Waals surface area contributed by atoms with Crippen LogP contribution in [0.4, 0.5) is 5.69 Å². The summed E-state index contributed by atoms with van der Waals surface area (Å²) in [6.45, 7) is 3.70. The summed E-state index contributed by atoms with van der Waals surface area (Å²) in [6, 6.07) is 20.1. The third-order valence-electron chi connectivity index (χ3n) is 4.92. The van der Waals surface area contributed by atoms with Crippen molar-refractivity contribution in [3.8, 4) is 5.75 Å². The number of carbonyl (C=O) groups excluding carboxylic acids is 1. The van der Waals surface area contributed by atoms with Gasteiger partial charge in [0, 0.05) is 5.02 Å². The highest BCUT2D eigenvalue weighted by molar-refractivity contribution is 7.92. The second-order valence-corrected chi connectivity index (χ2v) is 10.2. The van der Waals surface area contributed by atoms with Gasteiger partial charge in [0.2, 0.25) is 10.0 Å². The number of sulfonamides is 1. The third kappa shape index (κ3) is 7.33. The summed E-state index contributed by atoms with van der Waals surface area (Å²) in [5, 5.41) is 4.62. The number of benzene rings is 3. The van der Waals surface area contributed by atoms with Crippen molar-refractivity contribution in [2.75, 3.05) is 17.1 Å². The lowest BCUT2D eigenvalue weighted by atomic mass is 10.1. The molecular weight excluding hydrogens is 474 g/mol. The van der Waals surface area contributed by atoms with Gasteiger partial charge in [0.25, 0.3) is 5.91 Å². The van der Waals surface area contributed by atoms with Crippen LogP contribution in [0.1, 0.15) is 22.3 Å². The zero-order valence-electron chi connectivity index (χ0n) is 19.2. The monoisotopic (exact) mass is 499 g/mol. The zero-order valence-corrected chi connectivity index (χ0v) is 20.7. The molecule has 1 N–H and O–H groups in total. The molecule has 3 aromatic rings. The molecule has 0 bridgehead atoms. The van der Waals surface area contributed by atoms with E-state index < -0.39 is 15.9 Å². The minimum absolute atomic E-state index is 0.377. The summed E-state index contributed by atoms with van der Waals surface area (Å²) in [4.78, 5) is 12.4. The van der Waals surface area contributed by atoms with Crippen molar-refractivity contribution in [3.63, 3.8) is 0 Å². The number of ether oxygens (including phenoxy) is 1. The van der Waals surface area contributed by atoms with Crippen LogP contribution in [0.15, 0.2) is 71.8 Å². The van der Waals surface area contributed by atoms with Crippen molar-refractivity contribution < 1.29 is 17.9 Å². The van der Waals surface area contributed by atoms with E-state index >= 15 is 0 Å². The van der Waals surface area contributed by atoms with E-state index in [1.165, 1.54) is 6.21 Å². The second kappa shape index (κ2) is 11.2. The van der Waals surface area contributed by atoms with E-state index in [2.05, 4.69) is 10.5 Å². The van der Waals surface area contributed by atoms with E-state index in [4.69, 9.17) is 16.3 Å². The Morgan fingerprint density at radius 2 is 1.74 bits per heavy atom. The maximum atomic E-state index is 12.4. The number of halogens is 1. The maximum absolute atomic E-state index is 12.4. The standard InChI is InChI=1S/C25H26ClN3O4S/c1-18-4-5-19(2)24(14-18)29(34(3,31)32)16-25(30)28-27-15-20-8-12-23(13-9-20)33-17-21-6-10-22(26)11-7-21/h4-15H,16-17H2,1-3H3,(H,28,30)/b27-15-. The Bertz CT molecular complexity index is 1270. The van der Waals surface area contributed by atoms with E-state index in [1.54, 1.807) is 37.3 Å². The highest BCUT2D eigenvalue weighted by Gasteiger charge is 2.22. The normalized spacial score (nSPS) is 11.4. The Balaban J connectivity index is 1.57. The molecule has 0 unspecified atom stereocenters. The van der Waals surface area contributed by atoms with Crippen molar-refractivity contribution in [2.24, 2.45) is 5.10 Å². The van der Waals surface area contributed by atoms with Crippen LogP contribution in [-0.2, 0) is 21.4 Å². The van der Waals surface area contributed by atoms with Crippen LogP contribution < -0.4 is 14.5 Å². The van der Waals surface area contributed by atoms with Crippen molar-refractivity contribution in [1.29, 1.82) is 0 Å². The number of hydrogen-bond donors (Lipinski definition) is 1. The lowest BCUT2D eigenvalue weighted by Crippen LogP contribution is -2.39. The van der Waals surface area contributed by atoms with Crippen LogP contribution in [0.5, 0.6) is 5.75 Å². The lowest BCUT2D eigenvalue weighted by Gasteiger charge is -2.23. The van der Waals surface area contributed by atoms with Gasteiger partial charge in [-0.15, -0.1) is 0 Å². The fraction of sp³-hybridized carbons (Fsp3) is 0.200. The number of rotatable bonds is 9. The molecule has 178 valence electrons. The van der Waals surface area contributed by atoms with Gasteiger partial charge in [-0.25, -0.2) is 13.8 Å². The first kappa shape index (κ1) is 25.3. The fourth-order valence-corrected chi connectivity index (χ4v) is 4.14. The molecule has 0 saturated carbocycles. The topological polar surface area (TPSA) is 88.1 Å². The van der Waals surface area contributed by atoms with Crippen LogP contribution in [0, 0.1) is 13.8 Å². The number of hydrogen-bond acceptors (Lipinski definition) is 5. The molecule has 7 nitrogen and oxygen atoms in total. The third-order valence-corrected chi connectivity index (χ3v) is 6.30. The molecule has 0 atom stereocenters. The molecule has 0 heterocycles. The smallest absolute Gasteiger partial charge is 0.260 e. The second-order valence-electron chi connectivity index (χ2n) is 7.84. The van der Waals surface area contributed by atoms with Crippen molar-refractivity contribution in [1.82, 2.24) is 5.43 Å². The van der Waals surface area contributed by atoms with E-state index in [1.807, 2.05) is 43.3 Å². The molecule has 0 saturated heterocycles. The summed E-state index contributed by atoms with van der Waals surface area (Å²) in [5.74, 6) is 0.138. The lowest BCUT2D eigenvalue weighted by molar-refractivity contribution is -0.119. The number of aryl methyl sites for hydroxylation is 2. The highest BCUT2D eigenvalue weighted by atomic mass is 35.5. The van der Waals surface area contributed by atoms with Gasteiger partial charge in [0.15, 0.2) is 0 Å². The van der Waals surface area contributed by atoms with E-state index in [-0.39, 0.29) is 6.54 Å². The predicted octanol–water partition coefficient (Wildman–Crippen LogP) is 4.45. The largest absolute Gasteiger partial charge is 0.489 e. The van der Waals surface area contributed by atoms with Crippen LogP contribution in [0.2, 0.25) is 5.02 Å². The van der Waals surface area contributed by atoms with Crippen LogP contribution in [-0.4, -0.2) is 33.3 Å². The molecular formula is C25H26ClN3O4S. The van der Waals surface area contributed by atoms with Crippen molar-refractivity contribution in [2.45, 2.75) is 20.5 Å². The average molecular weight is 500 g/mol. The van der Waals surface area contributed by atoms with Gasteiger partial charge >= 0.3 is 0 Å². The van der Waals surface area contributed by atoms with Gasteiger partial charge in [-0.1, -0.05) is 35.9 Å². The number of hydrazone groups is 1. The molecule has 3 rings (SSSR count). The molecule has 0 aliphatic heterocycles. The van der Waals surface area contributed by atoms with Crippen LogP contribution >= 0.6 is 11.6 Å². The maximum Gasteiger partial charge on any atom is 0.260 e. The molecule has 3 aromatic carbocycles. The summed E-state index contributed by atoms with van der Waals surface area (Å²) in [6.07, 6.45) is 2.55. The first-order valence-electron chi connectivity index (χ1n) is 10.5. The Kier molecular flexibility index (Phi) is 8.31. The first-order valence-corrected chi connectivity index (χ1v) is 12.7. The van der Waals surface area contributed by atoms with E-state index in [0.29, 0.717) is 23.1 Å². The molecule has 34 heavy (non-hydrogen) atoms. The molecule has 0 radical (unpaired) electrons. The van der Waals surface area contributed by atoms with E-state index in [0.717, 1.165) is 32.8 Å². The Hall–Kier alpha value is -3.36. The quantitative estimate of drug-likeness (QED) is 0.348. The minimum Gasteiger partial charge on any atom is -0.489 e. The number of amides is 1. The van der Waals surface area contributed by atoms with Gasteiger partial charge < -0.3 is 4.74 Å². The summed E-state index contributed by atoms with van der Waals surface area (Å²) >= 11 is 5.88. The van der Waals surface area contributed by atoms with E-state index in [9.17, 15) is 13.2 Å². The Morgan fingerprint density at radius 3 is 2.38 bits per heavy atom. The molecule has 1 amide bonds. The predicted molar refractivity (Wildman–Crippen MR) is 136 cm³/mol. The van der Waals surface area contributed by atoms with Gasteiger partial charge in [0.1, 0.15) is 18.9 Å². The van der Waals surface area contributed by atoms with Crippen molar-refractivity contribution >= 4 is 39.4 Å². The zero-order chi connectivity index (χ0) is 24.7. The summed E-state index contributed by atoms with van der Waals surface area (Å²) < 4.78 is 31.4. The number of anilines is 1. The SMILES string of the molecule is Cc1ccc(C)c(N(CC(=O)N/N=C\c2ccc(OCc3ccc(Cl)cc3)cc2)S(C)(=O)=O)c1. The van der Waals surface area contributed by atoms with Gasteiger partial charge in [0.05, 0.1) is 18.2 Å². The number of carbonyl (C=O) groups is 1. The molecule has 0 aliphatic rings. The molecule has 0 spiro atoms. The summed E-state index contributed by atoms with van der Waals surface area (Å²) in [5.41, 5.74) is 6.25. The van der Waals surface area contributed by atoms with Gasteiger partial charge in [-0.3, -0.25) is 9.10 Å². The fourth-order valence-electron chi connectivity index (χ4n) is 3.11. The molecule has 9 heteroatoms. The Morgan fingerprint density at radius 1 is 1.06 bits per heavy atom. The van der Waals surface area contributed by atoms with Gasteiger partial charge in [-0.2, -0.15) is 5.10 Å². The summed E-state index contributed by atoms with van der Waals surface area (Å²) in [7, 11) is -3.66. The number of nitrogens with zero attached hydrogens (tertiary/aromatic N) is 2. The molecule has 0 aromatic heterocycles. The van der Waals surface area contributed by atoms with Crippen LogP contribution in [0.25, 0.3) is 0 Å². The van der Waals surface area contributed by atoms with Crippen molar-refractivity contribution in [3.05, 3.63) is 94.0 Å². The van der Waals surface area contributed by atoms with Crippen LogP contribution in [0.3, 0.4) is 0 Å². The van der Waals surface area contributed by atoms with Gasteiger partial charge in [-0.05, 0) is 78.6 Å². The first-order chi connectivity index (χ1) is 16.1. The highest BCUT2D eigenvalue weighted by Crippen LogP contribution is 2.23. The minimum atomic E-state index is -3.66. The molecule has 0 fully saturated rings. The molecule has 0 aliphatic carbocycles. The average Bonchev–Trinajstić information content (AvgIpc) is 2.79. The number of nitrogens with one attached hydrogen (secondary N) is 1. The Labute approximate surface area is 205 Å².